The Morgan fingerprint density at radius 2 is 1.95 bits per heavy atom. The lowest BCUT2D eigenvalue weighted by atomic mass is 10.0. The number of hydrogen-bond donors (Lipinski definition) is 0. The molecule has 1 aliphatic rings. The minimum atomic E-state index is 0.461. The van der Waals surface area contributed by atoms with Gasteiger partial charge >= 0.3 is 0 Å². The Hall–Kier alpha value is -1.78. The summed E-state index contributed by atoms with van der Waals surface area (Å²) < 4.78 is 0. The van der Waals surface area contributed by atoms with E-state index in [2.05, 4.69) is 64.1 Å². The Bertz CT molecular complexity index is 599. The van der Waals surface area contributed by atoms with Crippen LogP contribution in [0.3, 0.4) is 0 Å². The molecule has 3 rings (SSSR count). The van der Waals surface area contributed by atoms with Crippen LogP contribution in [0.4, 0.5) is 0 Å². The maximum Gasteiger partial charge on any atom is 0.128 e. The molecule has 0 amide bonds. The molecule has 0 spiro atoms. The molecule has 116 valence electrons. The lowest BCUT2D eigenvalue weighted by molar-refractivity contribution is 0.0895. The van der Waals surface area contributed by atoms with Crippen molar-refractivity contribution in [3.63, 3.8) is 0 Å². The molecule has 0 aliphatic carbocycles. The average molecular weight is 296 g/mol. The largest absolute Gasteiger partial charge is 0.297 e. The monoisotopic (exact) mass is 296 g/mol. The van der Waals surface area contributed by atoms with Crippen molar-refractivity contribution in [1.29, 1.82) is 0 Å². The fraction of sp³-hybridized carbons (Fsp3) is 0.444. The van der Waals surface area contributed by atoms with Gasteiger partial charge in [-0.3, -0.25) is 9.80 Å². The second-order valence-electron chi connectivity index (χ2n) is 5.96. The van der Waals surface area contributed by atoms with Crippen LogP contribution in [0.5, 0.6) is 0 Å². The fourth-order valence-electron chi connectivity index (χ4n) is 3.04. The molecule has 22 heavy (non-hydrogen) atoms. The summed E-state index contributed by atoms with van der Waals surface area (Å²) in [6.07, 6.45) is 2.77. The first-order chi connectivity index (χ1) is 10.8. The topological polar surface area (TPSA) is 32.3 Å². The Morgan fingerprint density at radius 3 is 2.73 bits per heavy atom. The third-order valence-electron chi connectivity index (χ3n) is 4.38. The van der Waals surface area contributed by atoms with E-state index in [1.165, 1.54) is 5.56 Å². The molecule has 1 aromatic heterocycles. The van der Waals surface area contributed by atoms with E-state index in [4.69, 9.17) is 0 Å². The highest BCUT2D eigenvalue weighted by molar-refractivity contribution is 5.20. The third-order valence-corrected chi connectivity index (χ3v) is 4.38. The van der Waals surface area contributed by atoms with Crippen LogP contribution in [0.25, 0.3) is 0 Å². The molecule has 1 fully saturated rings. The van der Waals surface area contributed by atoms with Crippen molar-refractivity contribution in [3.05, 3.63) is 59.7 Å². The van der Waals surface area contributed by atoms with E-state index < -0.39 is 0 Å². The van der Waals surface area contributed by atoms with Crippen molar-refractivity contribution < 1.29 is 0 Å². The summed E-state index contributed by atoms with van der Waals surface area (Å²) in [4.78, 5) is 13.9. The van der Waals surface area contributed by atoms with Crippen LogP contribution in [0.1, 0.15) is 30.0 Å². The van der Waals surface area contributed by atoms with Crippen LogP contribution in [0, 0.1) is 0 Å². The smallest absolute Gasteiger partial charge is 0.128 e. The van der Waals surface area contributed by atoms with E-state index in [-0.39, 0.29) is 0 Å². The summed E-state index contributed by atoms with van der Waals surface area (Å²) in [5.74, 6) is 0.936. The Balaban J connectivity index is 1.70. The molecule has 0 N–H and O–H groups in total. The lowest BCUT2D eigenvalue weighted by Crippen LogP contribution is -2.46. The van der Waals surface area contributed by atoms with Gasteiger partial charge in [0.05, 0.1) is 5.69 Å². The molecule has 4 nitrogen and oxygen atoms in total. The highest BCUT2D eigenvalue weighted by Gasteiger charge is 2.25. The fourth-order valence-corrected chi connectivity index (χ4v) is 3.04. The summed E-state index contributed by atoms with van der Waals surface area (Å²) in [6.45, 7) is 6.23. The second-order valence-corrected chi connectivity index (χ2v) is 5.96. The summed E-state index contributed by atoms with van der Waals surface area (Å²) in [5.41, 5.74) is 2.52. The van der Waals surface area contributed by atoms with Gasteiger partial charge < -0.3 is 0 Å². The molecular formula is C18H24N4. The van der Waals surface area contributed by atoms with Crippen LogP contribution in [0.15, 0.2) is 42.6 Å². The molecule has 0 saturated carbocycles. The number of aryl methyl sites for hydroxylation is 1. The lowest BCUT2D eigenvalue weighted by Gasteiger charge is -2.39. The zero-order valence-corrected chi connectivity index (χ0v) is 13.4. The van der Waals surface area contributed by atoms with Crippen LogP contribution >= 0.6 is 0 Å². The quantitative estimate of drug-likeness (QED) is 0.868. The molecule has 1 aliphatic heterocycles. The average Bonchev–Trinajstić information content (AvgIpc) is 2.57. The van der Waals surface area contributed by atoms with Gasteiger partial charge in [0.25, 0.3) is 0 Å². The molecule has 0 radical (unpaired) electrons. The Labute approximate surface area is 132 Å². The Morgan fingerprint density at radius 1 is 1.14 bits per heavy atom. The number of rotatable bonds is 4. The number of aromatic nitrogens is 2. The molecule has 0 bridgehead atoms. The number of benzene rings is 1. The van der Waals surface area contributed by atoms with Gasteiger partial charge in [0, 0.05) is 44.8 Å². The predicted molar refractivity (Wildman–Crippen MR) is 88.5 cm³/mol. The first kappa shape index (κ1) is 15.1. The van der Waals surface area contributed by atoms with Crippen LogP contribution in [-0.4, -0.2) is 46.4 Å². The van der Waals surface area contributed by atoms with E-state index in [1.807, 2.05) is 12.3 Å². The molecule has 1 atom stereocenters. The van der Waals surface area contributed by atoms with E-state index >= 15 is 0 Å². The van der Waals surface area contributed by atoms with Crippen LogP contribution in [0.2, 0.25) is 0 Å². The van der Waals surface area contributed by atoms with Crippen molar-refractivity contribution in [3.8, 4) is 0 Å². The highest BCUT2D eigenvalue weighted by atomic mass is 15.3. The zero-order chi connectivity index (χ0) is 15.4. The summed E-state index contributed by atoms with van der Waals surface area (Å²) in [6, 6.07) is 13.3. The first-order valence-corrected chi connectivity index (χ1v) is 8.04. The van der Waals surface area contributed by atoms with Crippen molar-refractivity contribution in [2.45, 2.75) is 25.9 Å². The van der Waals surface area contributed by atoms with Gasteiger partial charge in [0.2, 0.25) is 0 Å². The van der Waals surface area contributed by atoms with Crippen molar-refractivity contribution in [1.82, 2.24) is 19.8 Å². The van der Waals surface area contributed by atoms with Gasteiger partial charge in [0.1, 0.15) is 5.82 Å². The van der Waals surface area contributed by atoms with Gasteiger partial charge in [-0.05, 0) is 18.7 Å². The van der Waals surface area contributed by atoms with Crippen molar-refractivity contribution >= 4 is 0 Å². The molecule has 2 heterocycles. The van der Waals surface area contributed by atoms with Crippen molar-refractivity contribution in [2.24, 2.45) is 0 Å². The van der Waals surface area contributed by atoms with Gasteiger partial charge in [-0.15, -0.1) is 0 Å². The van der Waals surface area contributed by atoms with E-state index in [0.29, 0.717) is 6.04 Å². The zero-order valence-electron chi connectivity index (χ0n) is 13.4. The Kier molecular flexibility index (Phi) is 4.80. The van der Waals surface area contributed by atoms with Crippen LogP contribution < -0.4 is 0 Å². The highest BCUT2D eigenvalue weighted by Crippen LogP contribution is 2.24. The third kappa shape index (κ3) is 3.51. The molecular weight excluding hydrogens is 272 g/mol. The van der Waals surface area contributed by atoms with E-state index in [9.17, 15) is 0 Å². The standard InChI is InChI=1S/C18H24N4/c1-3-18-19-10-9-16(20-18)13-22-12-11-21(2)17(14-22)15-7-5-4-6-8-15/h4-10,17H,3,11-14H2,1-2H3. The SMILES string of the molecule is CCc1nccc(CN2CCN(C)C(c3ccccc3)C2)n1. The van der Waals surface area contributed by atoms with Gasteiger partial charge in [-0.25, -0.2) is 9.97 Å². The van der Waals surface area contributed by atoms with Gasteiger partial charge in [-0.1, -0.05) is 37.3 Å². The second kappa shape index (κ2) is 6.99. The first-order valence-electron chi connectivity index (χ1n) is 8.04. The normalized spacial score (nSPS) is 20.2. The summed E-state index contributed by atoms with van der Waals surface area (Å²) >= 11 is 0. The van der Waals surface area contributed by atoms with Gasteiger partial charge in [0.15, 0.2) is 0 Å². The predicted octanol–water partition coefficient (Wildman–Crippen LogP) is 2.53. The molecule has 1 saturated heterocycles. The number of hydrogen-bond acceptors (Lipinski definition) is 4. The number of likely N-dealkylation sites (N-methyl/N-ethyl adjacent to an activating group) is 1. The minimum absolute atomic E-state index is 0.461. The number of nitrogens with zero attached hydrogens (tertiary/aromatic N) is 4. The van der Waals surface area contributed by atoms with E-state index in [0.717, 1.165) is 44.1 Å². The van der Waals surface area contributed by atoms with Crippen LogP contribution in [-0.2, 0) is 13.0 Å². The molecule has 1 unspecified atom stereocenters. The summed E-state index contributed by atoms with van der Waals surface area (Å²) in [7, 11) is 2.22. The minimum Gasteiger partial charge on any atom is -0.297 e. The number of piperazine rings is 1. The van der Waals surface area contributed by atoms with E-state index in [1.54, 1.807) is 0 Å². The summed E-state index contributed by atoms with van der Waals surface area (Å²) in [5, 5.41) is 0. The maximum atomic E-state index is 4.64. The molecule has 4 heteroatoms. The van der Waals surface area contributed by atoms with Crippen molar-refractivity contribution in [2.75, 3.05) is 26.7 Å². The van der Waals surface area contributed by atoms with Gasteiger partial charge in [-0.2, -0.15) is 0 Å². The maximum absolute atomic E-state index is 4.64. The molecule has 1 aromatic carbocycles. The molecule has 2 aromatic rings.